The molecule has 0 aliphatic heterocycles. The van der Waals surface area contributed by atoms with Gasteiger partial charge in [-0.05, 0) is 25.0 Å². The number of hydrogen-bond acceptors (Lipinski definition) is 3. The molecule has 0 fully saturated rings. The minimum atomic E-state index is -1.67. The van der Waals surface area contributed by atoms with Crippen LogP contribution in [0.2, 0.25) is 0 Å². The van der Waals surface area contributed by atoms with E-state index in [1.54, 1.807) is 48.5 Å². The SMILES string of the molecule is CC(C)(O)[C@H](O)C(O)(c1ccccc1)c1ccccc1. The van der Waals surface area contributed by atoms with E-state index in [2.05, 4.69) is 0 Å². The fourth-order valence-corrected chi connectivity index (χ4v) is 2.38. The second-order valence-corrected chi connectivity index (χ2v) is 5.55. The van der Waals surface area contributed by atoms with Gasteiger partial charge in [-0.15, -0.1) is 0 Å². The summed E-state index contributed by atoms with van der Waals surface area (Å²) >= 11 is 0. The molecule has 0 saturated heterocycles. The molecule has 20 heavy (non-hydrogen) atoms. The van der Waals surface area contributed by atoms with Crippen molar-refractivity contribution in [2.75, 3.05) is 0 Å². The number of aliphatic hydroxyl groups excluding tert-OH is 1. The molecule has 0 aliphatic carbocycles. The number of rotatable bonds is 4. The monoisotopic (exact) mass is 272 g/mol. The van der Waals surface area contributed by atoms with E-state index in [1.807, 2.05) is 12.1 Å². The fraction of sp³-hybridized carbons (Fsp3) is 0.294. The predicted molar refractivity (Wildman–Crippen MR) is 78.2 cm³/mol. The molecule has 1 atom stereocenters. The van der Waals surface area contributed by atoms with Crippen molar-refractivity contribution >= 4 is 0 Å². The summed E-state index contributed by atoms with van der Waals surface area (Å²) in [5, 5.41) is 31.8. The number of aliphatic hydroxyl groups is 3. The highest BCUT2D eigenvalue weighted by Crippen LogP contribution is 2.37. The summed E-state index contributed by atoms with van der Waals surface area (Å²) in [5.74, 6) is 0. The van der Waals surface area contributed by atoms with Gasteiger partial charge in [-0.2, -0.15) is 0 Å². The number of benzene rings is 2. The summed E-state index contributed by atoms with van der Waals surface area (Å²) in [5.41, 5.74) is -2.03. The van der Waals surface area contributed by atoms with Gasteiger partial charge in [0.05, 0.1) is 5.60 Å². The molecule has 0 amide bonds. The van der Waals surface area contributed by atoms with E-state index in [9.17, 15) is 15.3 Å². The van der Waals surface area contributed by atoms with Crippen LogP contribution < -0.4 is 0 Å². The van der Waals surface area contributed by atoms with Gasteiger partial charge in [0.1, 0.15) is 11.7 Å². The molecule has 2 aromatic rings. The third-order valence-corrected chi connectivity index (χ3v) is 3.49. The average molecular weight is 272 g/mol. The first-order valence-corrected chi connectivity index (χ1v) is 6.60. The first-order chi connectivity index (χ1) is 9.37. The minimum absolute atomic E-state index is 0.542. The first-order valence-electron chi connectivity index (χ1n) is 6.60. The van der Waals surface area contributed by atoms with Crippen molar-refractivity contribution in [1.29, 1.82) is 0 Å². The van der Waals surface area contributed by atoms with E-state index >= 15 is 0 Å². The highest BCUT2D eigenvalue weighted by Gasteiger charge is 2.46. The van der Waals surface area contributed by atoms with Gasteiger partial charge in [0.15, 0.2) is 0 Å². The summed E-state index contributed by atoms with van der Waals surface area (Å²) in [6, 6.07) is 17.8. The Morgan fingerprint density at radius 1 is 0.750 bits per heavy atom. The summed E-state index contributed by atoms with van der Waals surface area (Å²) < 4.78 is 0. The summed E-state index contributed by atoms with van der Waals surface area (Å²) in [6.45, 7) is 2.96. The van der Waals surface area contributed by atoms with E-state index in [1.165, 1.54) is 13.8 Å². The Bertz CT molecular complexity index is 504. The molecule has 0 unspecified atom stereocenters. The molecular weight excluding hydrogens is 252 g/mol. The minimum Gasteiger partial charge on any atom is -0.388 e. The van der Waals surface area contributed by atoms with Gasteiger partial charge in [-0.1, -0.05) is 60.7 Å². The molecule has 3 nitrogen and oxygen atoms in total. The highest BCUT2D eigenvalue weighted by molar-refractivity contribution is 5.38. The van der Waals surface area contributed by atoms with Crippen LogP contribution in [0.4, 0.5) is 0 Å². The molecule has 0 bridgehead atoms. The van der Waals surface area contributed by atoms with Crippen LogP contribution in [0.15, 0.2) is 60.7 Å². The van der Waals surface area contributed by atoms with Crippen LogP contribution in [-0.2, 0) is 5.60 Å². The Labute approximate surface area is 119 Å². The summed E-state index contributed by atoms with van der Waals surface area (Å²) in [6.07, 6.45) is -1.36. The fourth-order valence-electron chi connectivity index (χ4n) is 2.38. The molecule has 0 saturated carbocycles. The zero-order chi connectivity index (χ0) is 14.8. The van der Waals surface area contributed by atoms with Crippen molar-refractivity contribution in [1.82, 2.24) is 0 Å². The molecule has 106 valence electrons. The van der Waals surface area contributed by atoms with Crippen molar-refractivity contribution in [3.63, 3.8) is 0 Å². The Hall–Kier alpha value is -1.68. The average Bonchev–Trinajstić information content (AvgIpc) is 2.46. The lowest BCUT2D eigenvalue weighted by Crippen LogP contribution is -2.52. The Morgan fingerprint density at radius 2 is 1.10 bits per heavy atom. The van der Waals surface area contributed by atoms with E-state index in [0.29, 0.717) is 11.1 Å². The van der Waals surface area contributed by atoms with Crippen molar-refractivity contribution in [3.05, 3.63) is 71.8 Å². The molecule has 2 aromatic carbocycles. The van der Waals surface area contributed by atoms with E-state index in [-0.39, 0.29) is 0 Å². The molecule has 0 heterocycles. The number of hydrogen-bond donors (Lipinski definition) is 3. The van der Waals surface area contributed by atoms with Crippen molar-refractivity contribution in [2.45, 2.75) is 31.2 Å². The molecule has 0 aliphatic rings. The topological polar surface area (TPSA) is 60.7 Å². The molecule has 0 radical (unpaired) electrons. The van der Waals surface area contributed by atoms with Gasteiger partial charge in [0.2, 0.25) is 0 Å². The second-order valence-electron chi connectivity index (χ2n) is 5.55. The van der Waals surface area contributed by atoms with Crippen molar-refractivity contribution in [3.8, 4) is 0 Å². The zero-order valence-electron chi connectivity index (χ0n) is 11.7. The van der Waals surface area contributed by atoms with Gasteiger partial charge in [0.25, 0.3) is 0 Å². The van der Waals surface area contributed by atoms with Gasteiger partial charge < -0.3 is 15.3 Å². The van der Waals surface area contributed by atoms with Crippen LogP contribution in [0.3, 0.4) is 0 Å². The standard InChI is InChI=1S/C17H20O3/c1-16(2,19)15(18)17(20,13-9-5-3-6-10-13)14-11-7-4-8-12-14/h3-12,15,18-20H,1-2H3/t15-/m0/s1. The Kier molecular flexibility index (Phi) is 3.95. The molecule has 3 heteroatoms. The lowest BCUT2D eigenvalue weighted by atomic mass is 9.76. The van der Waals surface area contributed by atoms with E-state index in [0.717, 1.165) is 0 Å². The summed E-state index contributed by atoms with van der Waals surface area (Å²) in [7, 11) is 0. The highest BCUT2D eigenvalue weighted by atomic mass is 16.4. The van der Waals surface area contributed by atoms with Gasteiger partial charge >= 0.3 is 0 Å². The lowest BCUT2D eigenvalue weighted by Gasteiger charge is -2.40. The molecule has 0 spiro atoms. The quantitative estimate of drug-likeness (QED) is 0.798. The maximum Gasteiger partial charge on any atom is 0.143 e. The van der Waals surface area contributed by atoms with Crippen LogP contribution in [0.25, 0.3) is 0 Å². The van der Waals surface area contributed by atoms with Crippen LogP contribution in [-0.4, -0.2) is 27.0 Å². The third kappa shape index (κ3) is 2.61. The maximum absolute atomic E-state index is 11.1. The summed E-state index contributed by atoms with van der Waals surface area (Å²) in [4.78, 5) is 0. The molecular formula is C17H20O3. The maximum atomic E-state index is 11.1. The predicted octanol–water partition coefficient (Wildman–Crippen LogP) is 2.05. The van der Waals surface area contributed by atoms with Crippen LogP contribution >= 0.6 is 0 Å². The van der Waals surface area contributed by atoms with Crippen LogP contribution in [0.1, 0.15) is 25.0 Å². The third-order valence-electron chi connectivity index (χ3n) is 3.49. The largest absolute Gasteiger partial charge is 0.388 e. The van der Waals surface area contributed by atoms with Gasteiger partial charge in [-0.3, -0.25) is 0 Å². The van der Waals surface area contributed by atoms with Crippen molar-refractivity contribution in [2.24, 2.45) is 0 Å². The second kappa shape index (κ2) is 5.37. The molecule has 2 rings (SSSR count). The lowest BCUT2D eigenvalue weighted by molar-refractivity contribution is -0.145. The van der Waals surface area contributed by atoms with Crippen LogP contribution in [0, 0.1) is 0 Å². The first kappa shape index (κ1) is 14.7. The normalized spacial score (nSPS) is 14.1. The smallest absolute Gasteiger partial charge is 0.143 e. The Balaban J connectivity index is 2.61. The van der Waals surface area contributed by atoms with Gasteiger partial charge in [0, 0.05) is 0 Å². The van der Waals surface area contributed by atoms with Crippen LogP contribution in [0.5, 0.6) is 0 Å². The molecule has 0 aromatic heterocycles. The van der Waals surface area contributed by atoms with E-state index in [4.69, 9.17) is 0 Å². The zero-order valence-corrected chi connectivity index (χ0v) is 11.7. The molecule has 3 N–H and O–H groups in total. The van der Waals surface area contributed by atoms with Gasteiger partial charge in [-0.25, -0.2) is 0 Å². The van der Waals surface area contributed by atoms with E-state index < -0.39 is 17.3 Å². The van der Waals surface area contributed by atoms with Crippen molar-refractivity contribution < 1.29 is 15.3 Å². The Morgan fingerprint density at radius 3 is 1.40 bits per heavy atom.